The molecule has 0 saturated carbocycles. The molecule has 1 amide bonds. The smallest absolute Gasteiger partial charge is 0.222 e. The molecule has 0 aliphatic carbocycles. The van der Waals surface area contributed by atoms with Crippen molar-refractivity contribution in [1.29, 1.82) is 0 Å². The number of nitrogens with zero attached hydrogens (tertiary/aromatic N) is 1. The maximum Gasteiger partial charge on any atom is 0.222 e. The fourth-order valence-corrected chi connectivity index (χ4v) is 2.68. The molecule has 2 rings (SSSR count). The van der Waals surface area contributed by atoms with E-state index < -0.39 is 0 Å². The van der Waals surface area contributed by atoms with Crippen molar-refractivity contribution in [3.63, 3.8) is 0 Å². The summed E-state index contributed by atoms with van der Waals surface area (Å²) in [4.78, 5) is 13.4. The average molecular weight is 210 g/mol. The normalized spacial score (nSPS) is 23.7. The fraction of sp³-hybridized carbons (Fsp3) is 0.917. The third-order valence-electron chi connectivity index (χ3n) is 3.67. The first kappa shape index (κ1) is 10.9. The number of amides is 1. The van der Waals surface area contributed by atoms with E-state index in [-0.39, 0.29) is 0 Å². The molecule has 2 aliphatic rings. The molecule has 0 spiro atoms. The van der Waals surface area contributed by atoms with Gasteiger partial charge < -0.3 is 10.2 Å². The lowest BCUT2D eigenvalue weighted by Crippen LogP contribution is -2.29. The minimum absolute atomic E-state index is 0.375. The number of carbonyl (C=O) groups excluding carboxylic acids is 1. The van der Waals surface area contributed by atoms with Gasteiger partial charge in [-0.25, -0.2) is 0 Å². The van der Waals surface area contributed by atoms with Gasteiger partial charge in [-0.3, -0.25) is 4.79 Å². The van der Waals surface area contributed by atoms with Crippen LogP contribution in [0.1, 0.15) is 38.5 Å². The molecule has 0 aromatic rings. The van der Waals surface area contributed by atoms with E-state index in [1.807, 2.05) is 4.90 Å². The summed E-state index contributed by atoms with van der Waals surface area (Å²) in [7, 11) is 0. The molecule has 3 nitrogen and oxygen atoms in total. The molecular formula is C12H22N2O. The number of carbonyl (C=O) groups is 1. The largest absolute Gasteiger partial charge is 0.343 e. The fourth-order valence-electron chi connectivity index (χ4n) is 2.68. The van der Waals surface area contributed by atoms with Crippen LogP contribution in [0.5, 0.6) is 0 Å². The molecule has 2 fully saturated rings. The zero-order chi connectivity index (χ0) is 10.5. The molecule has 86 valence electrons. The average Bonchev–Trinajstić information content (AvgIpc) is 2.66. The third kappa shape index (κ3) is 3.20. The van der Waals surface area contributed by atoms with E-state index in [0.29, 0.717) is 5.91 Å². The Balaban J connectivity index is 1.59. The zero-order valence-corrected chi connectivity index (χ0v) is 9.50. The molecule has 15 heavy (non-hydrogen) atoms. The summed E-state index contributed by atoms with van der Waals surface area (Å²) in [5.74, 6) is 1.28. The Kier molecular flexibility index (Phi) is 4.01. The van der Waals surface area contributed by atoms with Crippen molar-refractivity contribution in [1.82, 2.24) is 10.2 Å². The van der Waals surface area contributed by atoms with Crippen molar-refractivity contribution in [2.24, 2.45) is 5.92 Å². The van der Waals surface area contributed by atoms with Gasteiger partial charge in [0.15, 0.2) is 0 Å². The number of piperidine rings is 1. The summed E-state index contributed by atoms with van der Waals surface area (Å²) < 4.78 is 0. The van der Waals surface area contributed by atoms with Crippen LogP contribution in [-0.2, 0) is 4.79 Å². The minimum atomic E-state index is 0.375. The van der Waals surface area contributed by atoms with Crippen LogP contribution in [0, 0.1) is 5.92 Å². The standard InChI is InChI=1S/C12H22N2O/c15-12-4-2-10-14(12)9-1-3-11-5-7-13-8-6-11/h11,13H,1-10H2. The minimum Gasteiger partial charge on any atom is -0.343 e. The Morgan fingerprint density at radius 1 is 1.33 bits per heavy atom. The second-order valence-electron chi connectivity index (χ2n) is 4.82. The van der Waals surface area contributed by atoms with Gasteiger partial charge >= 0.3 is 0 Å². The zero-order valence-electron chi connectivity index (χ0n) is 9.50. The number of hydrogen-bond donors (Lipinski definition) is 1. The molecule has 2 aliphatic heterocycles. The van der Waals surface area contributed by atoms with E-state index in [4.69, 9.17) is 0 Å². The van der Waals surface area contributed by atoms with Crippen LogP contribution in [0.15, 0.2) is 0 Å². The highest BCUT2D eigenvalue weighted by molar-refractivity contribution is 5.77. The number of hydrogen-bond acceptors (Lipinski definition) is 2. The quantitative estimate of drug-likeness (QED) is 0.760. The lowest BCUT2D eigenvalue weighted by atomic mass is 9.93. The van der Waals surface area contributed by atoms with Crippen molar-refractivity contribution in [3.8, 4) is 0 Å². The Labute approximate surface area is 92.2 Å². The first-order valence-corrected chi connectivity index (χ1v) is 6.35. The molecule has 1 N–H and O–H groups in total. The Morgan fingerprint density at radius 3 is 2.80 bits per heavy atom. The maximum atomic E-state index is 11.4. The van der Waals surface area contributed by atoms with Crippen molar-refractivity contribution in [2.75, 3.05) is 26.2 Å². The van der Waals surface area contributed by atoms with Gasteiger partial charge in [-0.15, -0.1) is 0 Å². The number of nitrogens with one attached hydrogen (secondary N) is 1. The molecule has 0 aromatic heterocycles. The maximum absolute atomic E-state index is 11.4. The van der Waals surface area contributed by atoms with E-state index in [1.165, 1.54) is 38.8 Å². The third-order valence-corrected chi connectivity index (χ3v) is 3.67. The number of rotatable bonds is 4. The predicted octanol–water partition coefficient (Wildman–Crippen LogP) is 1.39. The van der Waals surface area contributed by atoms with Crippen LogP contribution >= 0.6 is 0 Å². The lowest BCUT2D eigenvalue weighted by Gasteiger charge is -2.23. The van der Waals surface area contributed by atoms with Crippen LogP contribution in [0.3, 0.4) is 0 Å². The summed E-state index contributed by atoms with van der Waals surface area (Å²) in [5.41, 5.74) is 0. The Hall–Kier alpha value is -0.570. The van der Waals surface area contributed by atoms with Gasteiger partial charge in [0.2, 0.25) is 5.91 Å². The molecule has 2 heterocycles. The highest BCUT2D eigenvalue weighted by Crippen LogP contribution is 2.19. The van der Waals surface area contributed by atoms with Gasteiger partial charge in [-0.2, -0.15) is 0 Å². The Bertz CT molecular complexity index is 212. The molecule has 0 aromatic carbocycles. The summed E-state index contributed by atoms with van der Waals surface area (Å²) in [6.07, 6.45) is 7.03. The molecule has 0 atom stereocenters. The number of likely N-dealkylation sites (tertiary alicyclic amines) is 1. The molecule has 0 bridgehead atoms. The van der Waals surface area contributed by atoms with Gasteiger partial charge in [0.1, 0.15) is 0 Å². The summed E-state index contributed by atoms with van der Waals surface area (Å²) in [5, 5.41) is 3.39. The second kappa shape index (κ2) is 5.50. The van der Waals surface area contributed by atoms with Gasteiger partial charge in [0.05, 0.1) is 0 Å². The van der Waals surface area contributed by atoms with Crippen molar-refractivity contribution in [3.05, 3.63) is 0 Å². The van der Waals surface area contributed by atoms with Gasteiger partial charge in [-0.05, 0) is 51.1 Å². The first-order valence-electron chi connectivity index (χ1n) is 6.35. The van der Waals surface area contributed by atoms with Gasteiger partial charge in [-0.1, -0.05) is 0 Å². The summed E-state index contributed by atoms with van der Waals surface area (Å²) >= 11 is 0. The highest BCUT2D eigenvalue weighted by Gasteiger charge is 2.20. The van der Waals surface area contributed by atoms with Crippen LogP contribution in [0.2, 0.25) is 0 Å². The monoisotopic (exact) mass is 210 g/mol. The molecule has 0 radical (unpaired) electrons. The summed E-state index contributed by atoms with van der Waals surface area (Å²) in [6, 6.07) is 0. The summed E-state index contributed by atoms with van der Waals surface area (Å²) in [6.45, 7) is 4.38. The first-order chi connectivity index (χ1) is 7.36. The van der Waals surface area contributed by atoms with Crippen molar-refractivity contribution >= 4 is 5.91 Å². The molecular weight excluding hydrogens is 188 g/mol. The van der Waals surface area contributed by atoms with E-state index >= 15 is 0 Å². The molecule has 0 unspecified atom stereocenters. The van der Waals surface area contributed by atoms with E-state index in [0.717, 1.165) is 31.8 Å². The lowest BCUT2D eigenvalue weighted by molar-refractivity contribution is -0.127. The van der Waals surface area contributed by atoms with Crippen LogP contribution in [-0.4, -0.2) is 37.0 Å². The van der Waals surface area contributed by atoms with Crippen LogP contribution in [0.4, 0.5) is 0 Å². The second-order valence-corrected chi connectivity index (χ2v) is 4.82. The SMILES string of the molecule is O=C1CCCN1CCCC1CCNCC1. The topological polar surface area (TPSA) is 32.3 Å². The molecule has 2 saturated heterocycles. The van der Waals surface area contributed by atoms with Gasteiger partial charge in [0.25, 0.3) is 0 Å². The van der Waals surface area contributed by atoms with E-state index in [1.54, 1.807) is 0 Å². The van der Waals surface area contributed by atoms with Gasteiger partial charge in [0, 0.05) is 19.5 Å². The van der Waals surface area contributed by atoms with Crippen molar-refractivity contribution < 1.29 is 4.79 Å². The Morgan fingerprint density at radius 2 is 2.13 bits per heavy atom. The van der Waals surface area contributed by atoms with Crippen LogP contribution in [0.25, 0.3) is 0 Å². The molecule has 3 heteroatoms. The van der Waals surface area contributed by atoms with E-state index in [9.17, 15) is 4.79 Å². The van der Waals surface area contributed by atoms with Crippen LogP contribution < -0.4 is 5.32 Å². The predicted molar refractivity (Wildman–Crippen MR) is 60.6 cm³/mol. The van der Waals surface area contributed by atoms with Crippen molar-refractivity contribution in [2.45, 2.75) is 38.5 Å². The highest BCUT2D eigenvalue weighted by atomic mass is 16.2. The van der Waals surface area contributed by atoms with E-state index in [2.05, 4.69) is 5.32 Å².